The summed E-state index contributed by atoms with van der Waals surface area (Å²) in [6.07, 6.45) is 3.86. The van der Waals surface area contributed by atoms with E-state index in [1.54, 1.807) is 30.6 Å². The molecule has 2 nitrogen and oxygen atoms in total. The zero-order valence-corrected chi connectivity index (χ0v) is 12.8. The summed E-state index contributed by atoms with van der Waals surface area (Å²) in [7, 11) is 1.65. The second kappa shape index (κ2) is 6.54. The highest BCUT2D eigenvalue weighted by Crippen LogP contribution is 2.25. The summed E-state index contributed by atoms with van der Waals surface area (Å²) in [6, 6.07) is 14.2. The minimum Gasteiger partial charge on any atom is -0.497 e. The third-order valence-corrected chi connectivity index (χ3v) is 4.01. The van der Waals surface area contributed by atoms with Crippen LogP contribution in [0.15, 0.2) is 53.9 Å². The van der Waals surface area contributed by atoms with Gasteiger partial charge in [0.15, 0.2) is 0 Å². The van der Waals surface area contributed by atoms with Crippen LogP contribution < -0.4 is 4.74 Å². The van der Waals surface area contributed by atoms with Crippen LogP contribution in [0.25, 0.3) is 23.4 Å². The number of ether oxygens (including phenoxy) is 1. The highest BCUT2D eigenvalue weighted by Gasteiger charge is 2.03. The van der Waals surface area contributed by atoms with Crippen LogP contribution in [0.2, 0.25) is 0 Å². The molecule has 0 aliphatic heterocycles. The van der Waals surface area contributed by atoms with Gasteiger partial charge in [-0.2, -0.15) is 0 Å². The molecular weight excluding hydrogens is 297 g/mol. The van der Waals surface area contributed by atoms with Gasteiger partial charge in [-0.05, 0) is 48.0 Å². The zero-order valence-electron chi connectivity index (χ0n) is 12.0. The van der Waals surface area contributed by atoms with E-state index in [2.05, 4.69) is 4.98 Å². The number of nitrogens with zero attached hydrogens (tertiary/aromatic N) is 1. The third kappa shape index (κ3) is 3.40. The molecule has 0 amide bonds. The van der Waals surface area contributed by atoms with E-state index in [0.717, 1.165) is 27.6 Å². The first-order valence-electron chi connectivity index (χ1n) is 6.78. The SMILES string of the molecule is COc1ccc(-c2csc(C=Cc3ccc(F)cc3)n2)cc1. The van der Waals surface area contributed by atoms with Crippen molar-refractivity contribution in [3.8, 4) is 17.0 Å². The molecule has 3 aromatic rings. The Hall–Kier alpha value is -2.46. The number of halogens is 1. The first-order chi connectivity index (χ1) is 10.7. The fourth-order valence-electron chi connectivity index (χ4n) is 2.00. The Balaban J connectivity index is 1.76. The summed E-state index contributed by atoms with van der Waals surface area (Å²) < 4.78 is 18.0. The molecular formula is C18H14FNOS. The Morgan fingerprint density at radius 2 is 1.73 bits per heavy atom. The molecule has 1 aromatic heterocycles. The van der Waals surface area contributed by atoms with Crippen LogP contribution in [-0.4, -0.2) is 12.1 Å². The molecule has 0 unspecified atom stereocenters. The van der Waals surface area contributed by atoms with Gasteiger partial charge < -0.3 is 4.74 Å². The van der Waals surface area contributed by atoms with E-state index in [1.807, 2.05) is 41.8 Å². The second-order valence-electron chi connectivity index (χ2n) is 4.68. The predicted molar refractivity (Wildman–Crippen MR) is 89.4 cm³/mol. The predicted octanol–water partition coefficient (Wildman–Crippen LogP) is 5.13. The van der Waals surface area contributed by atoms with E-state index in [-0.39, 0.29) is 5.82 Å². The average Bonchev–Trinajstić information content (AvgIpc) is 3.03. The molecule has 0 radical (unpaired) electrons. The number of thiazole rings is 1. The van der Waals surface area contributed by atoms with Crippen molar-refractivity contribution in [2.75, 3.05) is 7.11 Å². The smallest absolute Gasteiger partial charge is 0.123 e. The normalized spacial score (nSPS) is 11.0. The van der Waals surface area contributed by atoms with Crippen molar-refractivity contribution in [1.82, 2.24) is 4.98 Å². The lowest BCUT2D eigenvalue weighted by atomic mass is 10.2. The number of hydrogen-bond donors (Lipinski definition) is 0. The molecule has 0 aliphatic carbocycles. The number of methoxy groups -OCH3 is 1. The minimum atomic E-state index is -0.229. The molecule has 22 heavy (non-hydrogen) atoms. The number of hydrogen-bond acceptors (Lipinski definition) is 3. The minimum absolute atomic E-state index is 0.229. The lowest BCUT2D eigenvalue weighted by Crippen LogP contribution is -1.82. The van der Waals surface area contributed by atoms with Gasteiger partial charge in [0.2, 0.25) is 0 Å². The Morgan fingerprint density at radius 1 is 1.00 bits per heavy atom. The first kappa shape index (κ1) is 14.5. The fourth-order valence-corrected chi connectivity index (χ4v) is 2.72. The van der Waals surface area contributed by atoms with Crippen LogP contribution in [0.5, 0.6) is 5.75 Å². The van der Waals surface area contributed by atoms with Crippen molar-refractivity contribution >= 4 is 23.5 Å². The zero-order chi connectivity index (χ0) is 15.4. The van der Waals surface area contributed by atoms with Crippen molar-refractivity contribution in [2.45, 2.75) is 0 Å². The quantitative estimate of drug-likeness (QED) is 0.666. The maximum atomic E-state index is 12.9. The van der Waals surface area contributed by atoms with Gasteiger partial charge in [-0.1, -0.05) is 18.2 Å². The molecule has 0 spiro atoms. The summed E-state index contributed by atoms with van der Waals surface area (Å²) >= 11 is 1.57. The van der Waals surface area contributed by atoms with Gasteiger partial charge in [0, 0.05) is 10.9 Å². The van der Waals surface area contributed by atoms with Crippen LogP contribution in [0.3, 0.4) is 0 Å². The Kier molecular flexibility index (Phi) is 4.30. The van der Waals surface area contributed by atoms with Gasteiger partial charge in [-0.25, -0.2) is 9.37 Å². The monoisotopic (exact) mass is 311 g/mol. The van der Waals surface area contributed by atoms with Crippen LogP contribution in [0.4, 0.5) is 4.39 Å². The van der Waals surface area contributed by atoms with E-state index in [4.69, 9.17) is 4.74 Å². The van der Waals surface area contributed by atoms with E-state index < -0.39 is 0 Å². The molecule has 3 rings (SSSR count). The maximum absolute atomic E-state index is 12.9. The Morgan fingerprint density at radius 3 is 2.41 bits per heavy atom. The maximum Gasteiger partial charge on any atom is 0.123 e. The third-order valence-electron chi connectivity index (χ3n) is 3.20. The van der Waals surface area contributed by atoms with Crippen molar-refractivity contribution in [3.63, 3.8) is 0 Å². The van der Waals surface area contributed by atoms with Crippen LogP contribution in [-0.2, 0) is 0 Å². The molecule has 2 aromatic carbocycles. The van der Waals surface area contributed by atoms with Gasteiger partial charge in [-0.3, -0.25) is 0 Å². The molecule has 0 bridgehead atoms. The molecule has 0 atom stereocenters. The molecule has 4 heteroatoms. The molecule has 0 saturated heterocycles. The molecule has 0 fully saturated rings. The second-order valence-corrected chi connectivity index (χ2v) is 5.57. The summed E-state index contributed by atoms with van der Waals surface area (Å²) in [6.45, 7) is 0. The van der Waals surface area contributed by atoms with Crippen molar-refractivity contribution in [3.05, 3.63) is 70.3 Å². The van der Waals surface area contributed by atoms with E-state index in [1.165, 1.54) is 12.1 Å². The first-order valence-corrected chi connectivity index (χ1v) is 7.66. The lowest BCUT2D eigenvalue weighted by molar-refractivity contribution is 0.415. The molecule has 0 aliphatic rings. The van der Waals surface area contributed by atoms with Gasteiger partial charge in [-0.15, -0.1) is 11.3 Å². The Labute approximate surface area is 132 Å². The molecule has 0 saturated carbocycles. The average molecular weight is 311 g/mol. The van der Waals surface area contributed by atoms with Gasteiger partial charge in [0.05, 0.1) is 12.8 Å². The van der Waals surface area contributed by atoms with Crippen molar-refractivity contribution < 1.29 is 9.13 Å². The number of rotatable bonds is 4. The van der Waals surface area contributed by atoms with Crippen molar-refractivity contribution in [2.24, 2.45) is 0 Å². The van der Waals surface area contributed by atoms with Crippen molar-refractivity contribution in [1.29, 1.82) is 0 Å². The Bertz CT molecular complexity index is 776. The summed E-state index contributed by atoms with van der Waals surface area (Å²) in [5, 5.41) is 2.93. The lowest BCUT2D eigenvalue weighted by Gasteiger charge is -2.00. The van der Waals surface area contributed by atoms with E-state index in [0.29, 0.717) is 0 Å². The number of aromatic nitrogens is 1. The van der Waals surface area contributed by atoms with Gasteiger partial charge in [0.1, 0.15) is 16.6 Å². The van der Waals surface area contributed by atoms with Crippen LogP contribution in [0, 0.1) is 5.82 Å². The van der Waals surface area contributed by atoms with Crippen LogP contribution in [0.1, 0.15) is 10.6 Å². The fraction of sp³-hybridized carbons (Fsp3) is 0.0556. The van der Waals surface area contributed by atoms with Gasteiger partial charge in [0.25, 0.3) is 0 Å². The van der Waals surface area contributed by atoms with E-state index >= 15 is 0 Å². The molecule has 110 valence electrons. The standard InChI is InChI=1S/C18H14FNOS/c1-21-16-9-5-14(6-10-16)17-12-22-18(20-17)11-4-13-2-7-15(19)8-3-13/h2-12H,1H3. The number of benzene rings is 2. The van der Waals surface area contributed by atoms with E-state index in [9.17, 15) is 4.39 Å². The largest absolute Gasteiger partial charge is 0.497 e. The van der Waals surface area contributed by atoms with Gasteiger partial charge >= 0.3 is 0 Å². The summed E-state index contributed by atoms with van der Waals surface area (Å²) in [5.74, 6) is 0.601. The molecule has 1 heterocycles. The summed E-state index contributed by atoms with van der Waals surface area (Å²) in [5.41, 5.74) is 2.94. The topological polar surface area (TPSA) is 22.1 Å². The van der Waals surface area contributed by atoms with Crippen LogP contribution >= 0.6 is 11.3 Å². The highest BCUT2D eigenvalue weighted by atomic mass is 32.1. The summed E-state index contributed by atoms with van der Waals surface area (Å²) in [4.78, 5) is 4.59. The molecule has 0 N–H and O–H groups in total. The highest BCUT2D eigenvalue weighted by molar-refractivity contribution is 7.10.